The molecule has 0 amide bonds. The van der Waals surface area contributed by atoms with E-state index in [-0.39, 0.29) is 136 Å². The van der Waals surface area contributed by atoms with Gasteiger partial charge in [0.25, 0.3) is 22.7 Å². The van der Waals surface area contributed by atoms with Crippen molar-refractivity contribution in [2.45, 2.75) is 0 Å². The minimum Gasteiger partial charge on any atom is -0.872 e. The van der Waals surface area contributed by atoms with Crippen molar-refractivity contribution in [2.75, 3.05) is 0 Å². The van der Waals surface area contributed by atoms with Gasteiger partial charge >= 0.3 is 68.3 Å². The average Bonchev–Trinajstić information content (AvgIpc) is 0.804. The van der Waals surface area contributed by atoms with E-state index in [1.165, 1.54) is 24.3 Å². The Bertz CT molecular complexity index is 4720. The van der Waals surface area contributed by atoms with Gasteiger partial charge in [-0.3, -0.25) is 65.4 Å². The second-order valence-corrected chi connectivity index (χ2v) is 21.8. The number of pyridine rings is 5. The molecule has 0 aliphatic heterocycles. The van der Waals surface area contributed by atoms with E-state index >= 15 is 0 Å². The van der Waals surface area contributed by atoms with Gasteiger partial charge in [0.2, 0.25) is 0 Å². The zero-order valence-electron chi connectivity index (χ0n) is 60.2. The van der Waals surface area contributed by atoms with Crippen LogP contribution in [0.25, 0.3) is 22.3 Å². The summed E-state index contributed by atoms with van der Waals surface area (Å²) < 4.78 is 0. The molecule has 13 aromatic rings. The molecule has 0 bridgehead atoms. The van der Waals surface area contributed by atoms with Crippen LogP contribution < -0.4 is 40.9 Å². The quantitative estimate of drug-likeness (QED) is 0.0255. The molecule has 0 N–H and O–H groups in total. The third-order valence-corrected chi connectivity index (χ3v) is 14.2. The molecule has 5 aromatic heterocycles. The van der Waals surface area contributed by atoms with Gasteiger partial charge in [0.15, 0.2) is 0 Å². The number of hydrogen-bond donors (Lipinski definition) is 0. The van der Waals surface area contributed by atoms with Gasteiger partial charge in [0.1, 0.15) is 0 Å². The Morgan fingerprint density at radius 3 is 0.559 bits per heavy atom. The molecule has 606 valence electrons. The second-order valence-electron chi connectivity index (χ2n) is 21.8. The summed E-state index contributed by atoms with van der Waals surface area (Å²) >= 11 is 0. The van der Waals surface area contributed by atoms with Gasteiger partial charge in [0, 0.05) is 134 Å². The van der Waals surface area contributed by atoms with E-state index in [0.717, 1.165) is 97.7 Å². The number of benzene rings is 8. The number of aromatic nitrogens is 5. The molecule has 0 unspecified atom stereocenters. The molecule has 0 fully saturated rings. The number of nitro groups is 4. The molecule has 0 saturated carbocycles. The summed E-state index contributed by atoms with van der Waals surface area (Å²) in [6.07, 6.45) is 21.2. The van der Waals surface area contributed by atoms with Crippen molar-refractivity contribution < 1.29 is 129 Å². The fraction of sp³-hybridized carbons (Fsp3) is 0. The molecule has 4 radical (unpaired) electrons. The number of hydrogen-bond acceptors (Lipinski definition) is 29. The van der Waals surface area contributed by atoms with Gasteiger partial charge in [-0.2, -0.15) is 40.8 Å². The number of nitrogens with zero attached hydrogens (tertiary/aromatic N) is 17. The van der Waals surface area contributed by atoms with Gasteiger partial charge in [-0.1, -0.05) is 175 Å². The fourth-order valence-corrected chi connectivity index (χ4v) is 8.97. The van der Waals surface area contributed by atoms with E-state index in [1.54, 1.807) is 135 Å². The summed E-state index contributed by atoms with van der Waals surface area (Å²) in [6.45, 7) is 0. The van der Waals surface area contributed by atoms with E-state index in [2.05, 4.69) is 65.7 Å². The maximum absolute atomic E-state index is 12.9. The van der Waals surface area contributed by atoms with Crippen molar-refractivity contribution in [3.8, 4) is 45.3 Å². The first kappa shape index (κ1) is 97.1. The van der Waals surface area contributed by atoms with E-state index < -0.39 is 66.3 Å². The third-order valence-electron chi connectivity index (χ3n) is 14.2. The van der Waals surface area contributed by atoms with Crippen LogP contribution in [0.3, 0.4) is 0 Å². The largest absolute Gasteiger partial charge is 2.00 e. The van der Waals surface area contributed by atoms with Gasteiger partial charge in [-0.25, -0.2) is 0 Å². The molecular weight excluding hydrogens is 1720 g/mol. The van der Waals surface area contributed by atoms with Gasteiger partial charge in [0.05, 0.1) is 44.6 Å². The van der Waals surface area contributed by atoms with Crippen LogP contribution in [-0.4, -0.2) is 93.1 Å². The van der Waals surface area contributed by atoms with Crippen LogP contribution in [0, 0.1) is 40.5 Å². The molecule has 0 spiro atoms. The first-order chi connectivity index (χ1) is 55.3. The van der Waals surface area contributed by atoms with Crippen molar-refractivity contribution in [2.24, 2.45) is 40.8 Å². The molecule has 13 rings (SSSR count). The normalized spacial score (nSPS) is 10.7. The number of non-ortho nitro benzene ring substituents is 4. The second kappa shape index (κ2) is 53.8. The zero-order chi connectivity index (χ0) is 81.7. The van der Waals surface area contributed by atoms with Crippen LogP contribution in [0.15, 0.2) is 364 Å². The van der Waals surface area contributed by atoms with Crippen LogP contribution >= 0.6 is 0 Å². The summed E-state index contributed by atoms with van der Waals surface area (Å²) in [6, 6.07) is 65.5. The molecule has 0 saturated heterocycles. The molecule has 118 heavy (non-hydrogen) atoms. The Morgan fingerprint density at radius 2 is 0.415 bits per heavy atom. The number of rotatable bonds is 18. The van der Waals surface area contributed by atoms with Crippen molar-refractivity contribution in [1.82, 2.24) is 24.9 Å². The molecule has 0 aliphatic carbocycles. The van der Waals surface area contributed by atoms with Crippen molar-refractivity contribution >= 4 is 71.2 Å². The average molecular weight is 1780 g/mol. The predicted octanol–water partition coefficient (Wildman–Crippen LogP) is 8.60. The first-order valence-electron chi connectivity index (χ1n) is 32.9. The summed E-state index contributed by atoms with van der Waals surface area (Å²) in [5.41, 5.74) is -0.496. The Kier molecular flexibility index (Phi) is 44.3. The van der Waals surface area contributed by atoms with Crippen LogP contribution in [-0.2, 0) is 68.3 Å². The third kappa shape index (κ3) is 32.9. The topological polar surface area (TPSA) is 520 Å². The zero-order valence-corrected chi connectivity index (χ0v) is 64.0. The van der Waals surface area contributed by atoms with Crippen LogP contribution in [0.4, 0.5) is 22.7 Å². The molecule has 0 aliphatic rings. The van der Waals surface area contributed by atoms with Crippen LogP contribution in [0.2, 0.25) is 0 Å². The first-order valence-corrected chi connectivity index (χ1v) is 32.9. The predicted molar refractivity (Wildman–Crippen MR) is 412 cm³/mol. The Hall–Kier alpha value is -15.1. The number of nitro benzene ring substituents is 4. The van der Waals surface area contributed by atoms with Gasteiger partial charge < -0.3 is 40.9 Å². The Morgan fingerprint density at radius 1 is 0.246 bits per heavy atom. The van der Waals surface area contributed by atoms with Crippen LogP contribution in [0.5, 0.6) is 23.0 Å². The maximum atomic E-state index is 12.9. The smallest absolute Gasteiger partial charge is 0.872 e. The molecule has 33 nitrogen and oxygen atoms in total. The minimum atomic E-state index is -0.828. The van der Waals surface area contributed by atoms with E-state index in [1.807, 2.05) is 91.0 Å². The summed E-state index contributed by atoms with van der Waals surface area (Å²) in [5, 5.41) is 172. The van der Waals surface area contributed by atoms with Crippen molar-refractivity contribution in [1.29, 1.82) is 0 Å². The Labute approximate surface area is 714 Å². The van der Waals surface area contributed by atoms with Crippen molar-refractivity contribution in [3.05, 3.63) is 408 Å². The van der Waals surface area contributed by atoms with E-state index in [0.29, 0.717) is 22.3 Å². The van der Waals surface area contributed by atoms with E-state index in [4.69, 9.17) is 0 Å². The maximum Gasteiger partial charge on any atom is 2.00 e. The van der Waals surface area contributed by atoms with Crippen LogP contribution in [0.1, 0.15) is 44.5 Å². The molecular formula is C81H57Cu4N17O16. The summed E-state index contributed by atoms with van der Waals surface area (Å²) in [5.74, 6) is -5.52. The molecule has 8 aromatic carbocycles. The molecule has 37 heteroatoms. The SMILES string of the molecule is O=[N+]([O-])c1ccc([O-])c(/C=N/N=C(\[O-])c2ccccc2-c2ccccc2/C([O-])=N/N=C/c2cc([N+](=O)[O-])ccc2[O-])c1.O=[N+]([O-])c1ccc([O-])c(/C=N/N=C(\[O-])c2ccccc2-c2ccccc2/C([O-])=N/N=C/c2cc([N+](=O)[O-])ccc2[O-])c1.[Cu+2].[Cu+2].[Cu+2].[Cu+2].c1ccncc1.c1ccncc1.c1ccncc1.c1ccncc1.c1ccncc1. The molecule has 0 atom stereocenters. The molecule has 5 heterocycles. The monoisotopic (exact) mass is 1780 g/mol. The van der Waals surface area contributed by atoms with Crippen molar-refractivity contribution in [3.63, 3.8) is 0 Å². The van der Waals surface area contributed by atoms with Gasteiger partial charge in [-0.05, 0) is 127 Å². The van der Waals surface area contributed by atoms with Gasteiger partial charge in [-0.15, -0.1) is 0 Å². The summed E-state index contributed by atoms with van der Waals surface area (Å²) in [7, 11) is 0. The Balaban J connectivity index is 0.000000436. The standard InChI is InChI=1S/2C28H20N6O8.5C5H5N.4Cu/c2*35-25-11-9-19(33(39)40)13-17(25)15-29-31-27(37)23-7-3-1-5-21(23)22-6-2-4-8-24(22)28(38)32-30-16-18-14-20(34(41)42)10-12-26(18)36;5*1-2-4-6-5-3-1;;;;/h2*1-16,35-36H,(H,31,37)(H,32,38);5*1-5H;;;;/q;;;;;;;4*+2/p-8/b2*29-15+,30-16+;;;;;;;;;. The fourth-order valence-electron chi connectivity index (χ4n) is 8.97. The van der Waals surface area contributed by atoms with E-state index in [9.17, 15) is 81.3 Å². The minimum absolute atomic E-state index is 0. The summed E-state index contributed by atoms with van der Waals surface area (Å²) in [4.78, 5) is 60.0.